The van der Waals surface area contributed by atoms with E-state index in [2.05, 4.69) is 34.7 Å². The monoisotopic (exact) mass is 227 g/mol. The van der Waals surface area contributed by atoms with Crippen LogP contribution in [0.25, 0.3) is 11.1 Å². The summed E-state index contributed by atoms with van der Waals surface area (Å²) in [5, 5.41) is 7.61. The minimum absolute atomic E-state index is 0.693. The van der Waals surface area contributed by atoms with Gasteiger partial charge in [0.15, 0.2) is 0 Å². The first-order valence-corrected chi connectivity index (χ1v) is 6.12. The molecule has 1 aliphatic heterocycles. The molecule has 0 radical (unpaired) electrons. The molecule has 17 heavy (non-hydrogen) atoms. The summed E-state index contributed by atoms with van der Waals surface area (Å²) >= 11 is 0. The summed E-state index contributed by atoms with van der Waals surface area (Å²) < 4.78 is 1.84. The highest BCUT2D eigenvalue weighted by Crippen LogP contribution is 2.25. The lowest BCUT2D eigenvalue weighted by atomic mass is 9.96. The largest absolute Gasteiger partial charge is 0.316 e. The Morgan fingerprint density at radius 1 is 1.24 bits per heavy atom. The number of aryl methyl sites for hydroxylation is 1. The molecule has 1 atom stereocenters. The Morgan fingerprint density at radius 2 is 2.06 bits per heavy atom. The normalized spacial score (nSPS) is 19.7. The van der Waals surface area contributed by atoms with Crippen molar-refractivity contribution in [1.82, 2.24) is 15.1 Å². The van der Waals surface area contributed by atoms with Gasteiger partial charge in [-0.3, -0.25) is 4.68 Å². The highest BCUT2D eigenvalue weighted by atomic mass is 15.2. The summed E-state index contributed by atoms with van der Waals surface area (Å²) in [7, 11) is 1.95. The van der Waals surface area contributed by atoms with Crippen LogP contribution in [0.5, 0.6) is 0 Å². The second-order valence-electron chi connectivity index (χ2n) is 4.71. The number of hydrogen-bond acceptors (Lipinski definition) is 2. The molecule has 1 unspecified atom stereocenters. The maximum atomic E-state index is 4.20. The Labute approximate surface area is 101 Å². The van der Waals surface area contributed by atoms with E-state index in [0.717, 1.165) is 13.1 Å². The van der Waals surface area contributed by atoms with Crippen LogP contribution in [-0.2, 0) is 7.05 Å². The predicted molar refractivity (Wildman–Crippen MR) is 68.9 cm³/mol. The fourth-order valence-electron chi connectivity index (χ4n) is 2.46. The van der Waals surface area contributed by atoms with E-state index in [-0.39, 0.29) is 0 Å². The van der Waals surface area contributed by atoms with Gasteiger partial charge in [0.1, 0.15) is 0 Å². The molecule has 0 saturated carbocycles. The lowest BCUT2D eigenvalue weighted by Gasteiger charge is -2.09. The van der Waals surface area contributed by atoms with Gasteiger partial charge in [-0.25, -0.2) is 0 Å². The van der Waals surface area contributed by atoms with Crippen molar-refractivity contribution >= 4 is 0 Å². The number of benzene rings is 1. The molecule has 3 heteroatoms. The molecule has 3 nitrogen and oxygen atoms in total. The van der Waals surface area contributed by atoms with Crippen molar-refractivity contribution in [3.05, 3.63) is 42.2 Å². The molecule has 1 N–H and O–H groups in total. The van der Waals surface area contributed by atoms with Gasteiger partial charge in [-0.15, -0.1) is 0 Å². The third kappa shape index (κ3) is 2.11. The Morgan fingerprint density at radius 3 is 2.65 bits per heavy atom. The summed E-state index contributed by atoms with van der Waals surface area (Å²) in [4.78, 5) is 0. The first kappa shape index (κ1) is 10.5. The fraction of sp³-hybridized carbons (Fsp3) is 0.357. The SMILES string of the molecule is Cn1cc(-c2ccc(C3CCNC3)cc2)cn1. The molecule has 1 aromatic heterocycles. The van der Waals surface area contributed by atoms with Crippen molar-refractivity contribution in [2.24, 2.45) is 7.05 Å². The van der Waals surface area contributed by atoms with Crippen molar-refractivity contribution in [2.45, 2.75) is 12.3 Å². The third-order valence-corrected chi connectivity index (χ3v) is 3.48. The van der Waals surface area contributed by atoms with Crippen LogP contribution >= 0.6 is 0 Å². The lowest BCUT2D eigenvalue weighted by molar-refractivity contribution is 0.763. The molecule has 2 heterocycles. The van der Waals surface area contributed by atoms with E-state index >= 15 is 0 Å². The molecule has 0 aliphatic carbocycles. The van der Waals surface area contributed by atoms with Gasteiger partial charge in [0.25, 0.3) is 0 Å². The molecule has 1 aliphatic rings. The molecular weight excluding hydrogens is 210 g/mol. The molecule has 1 saturated heterocycles. The van der Waals surface area contributed by atoms with Crippen LogP contribution in [0.3, 0.4) is 0 Å². The molecule has 1 fully saturated rings. The smallest absolute Gasteiger partial charge is 0.0568 e. The number of nitrogens with zero attached hydrogens (tertiary/aromatic N) is 2. The van der Waals surface area contributed by atoms with E-state index in [9.17, 15) is 0 Å². The summed E-state index contributed by atoms with van der Waals surface area (Å²) in [5.74, 6) is 0.693. The van der Waals surface area contributed by atoms with Crippen LogP contribution in [0.1, 0.15) is 17.9 Å². The van der Waals surface area contributed by atoms with E-state index in [1.807, 2.05) is 24.1 Å². The molecule has 0 amide bonds. The van der Waals surface area contributed by atoms with E-state index in [1.54, 1.807) is 0 Å². The molecule has 0 spiro atoms. The fourth-order valence-corrected chi connectivity index (χ4v) is 2.46. The third-order valence-electron chi connectivity index (χ3n) is 3.48. The standard InChI is InChI=1S/C14H17N3/c1-17-10-14(9-16-17)12-4-2-11(3-5-12)13-6-7-15-8-13/h2-5,9-10,13,15H,6-8H2,1H3. The van der Waals surface area contributed by atoms with E-state index in [1.165, 1.54) is 23.1 Å². The van der Waals surface area contributed by atoms with Gasteiger partial charge >= 0.3 is 0 Å². The summed E-state index contributed by atoms with van der Waals surface area (Å²) in [6.07, 6.45) is 5.21. The highest BCUT2D eigenvalue weighted by molar-refractivity contribution is 5.62. The maximum Gasteiger partial charge on any atom is 0.0568 e. The molecule has 88 valence electrons. The minimum Gasteiger partial charge on any atom is -0.316 e. The average molecular weight is 227 g/mol. The first-order valence-electron chi connectivity index (χ1n) is 6.12. The maximum absolute atomic E-state index is 4.20. The quantitative estimate of drug-likeness (QED) is 0.852. The molecule has 0 bridgehead atoms. The van der Waals surface area contributed by atoms with Crippen molar-refractivity contribution in [2.75, 3.05) is 13.1 Å². The van der Waals surface area contributed by atoms with Crippen molar-refractivity contribution in [3.63, 3.8) is 0 Å². The van der Waals surface area contributed by atoms with Gasteiger partial charge in [0, 0.05) is 25.4 Å². The number of nitrogens with one attached hydrogen (secondary N) is 1. The van der Waals surface area contributed by atoms with Crippen LogP contribution in [0.15, 0.2) is 36.7 Å². The number of aromatic nitrogens is 2. The zero-order valence-electron chi connectivity index (χ0n) is 10.1. The summed E-state index contributed by atoms with van der Waals surface area (Å²) in [5.41, 5.74) is 3.87. The van der Waals surface area contributed by atoms with Crippen LogP contribution in [0.2, 0.25) is 0 Å². The zero-order chi connectivity index (χ0) is 11.7. The van der Waals surface area contributed by atoms with Gasteiger partial charge in [-0.1, -0.05) is 24.3 Å². The Bertz CT molecular complexity index is 492. The average Bonchev–Trinajstić information content (AvgIpc) is 3.00. The predicted octanol–water partition coefficient (Wildman–Crippen LogP) is 2.16. The molecular formula is C14H17N3. The molecule has 2 aromatic rings. The lowest BCUT2D eigenvalue weighted by Crippen LogP contribution is -2.07. The van der Waals surface area contributed by atoms with E-state index < -0.39 is 0 Å². The van der Waals surface area contributed by atoms with Crippen molar-refractivity contribution in [3.8, 4) is 11.1 Å². The van der Waals surface area contributed by atoms with Crippen molar-refractivity contribution < 1.29 is 0 Å². The van der Waals surface area contributed by atoms with Gasteiger partial charge < -0.3 is 5.32 Å². The second kappa shape index (κ2) is 4.34. The highest BCUT2D eigenvalue weighted by Gasteiger charge is 2.16. The van der Waals surface area contributed by atoms with Crippen LogP contribution in [0, 0.1) is 0 Å². The van der Waals surface area contributed by atoms with Gasteiger partial charge in [0.2, 0.25) is 0 Å². The molecule has 1 aromatic carbocycles. The topological polar surface area (TPSA) is 29.9 Å². The van der Waals surface area contributed by atoms with E-state index in [4.69, 9.17) is 0 Å². The van der Waals surface area contributed by atoms with Crippen molar-refractivity contribution in [1.29, 1.82) is 0 Å². The number of hydrogen-bond donors (Lipinski definition) is 1. The van der Waals surface area contributed by atoms with Gasteiger partial charge in [0.05, 0.1) is 6.20 Å². The number of rotatable bonds is 2. The van der Waals surface area contributed by atoms with Crippen LogP contribution < -0.4 is 5.32 Å². The van der Waals surface area contributed by atoms with Crippen LogP contribution in [0.4, 0.5) is 0 Å². The Balaban J connectivity index is 1.84. The summed E-state index contributed by atoms with van der Waals surface area (Å²) in [6.45, 7) is 2.27. The Kier molecular flexibility index (Phi) is 2.69. The minimum atomic E-state index is 0.693. The molecule has 3 rings (SSSR count). The first-order chi connectivity index (χ1) is 8.33. The Hall–Kier alpha value is -1.61. The van der Waals surface area contributed by atoms with Gasteiger partial charge in [-0.2, -0.15) is 5.10 Å². The van der Waals surface area contributed by atoms with E-state index in [0.29, 0.717) is 5.92 Å². The van der Waals surface area contributed by atoms with Crippen LogP contribution in [-0.4, -0.2) is 22.9 Å². The zero-order valence-corrected chi connectivity index (χ0v) is 10.1. The summed E-state index contributed by atoms with van der Waals surface area (Å²) in [6, 6.07) is 8.90. The second-order valence-corrected chi connectivity index (χ2v) is 4.71. The van der Waals surface area contributed by atoms with Gasteiger partial charge in [-0.05, 0) is 30.0 Å².